The van der Waals surface area contributed by atoms with Gasteiger partial charge >= 0.3 is 0 Å². The number of fused-ring (bicyclic) bond motifs is 2. The van der Waals surface area contributed by atoms with Crippen LogP contribution in [-0.4, -0.2) is 49.5 Å². The van der Waals surface area contributed by atoms with Gasteiger partial charge in [-0.3, -0.25) is 14.9 Å². The van der Waals surface area contributed by atoms with Crippen molar-refractivity contribution in [1.82, 2.24) is 24.1 Å². The lowest BCUT2D eigenvalue weighted by atomic mass is 10.0. The number of nitrogens with one attached hydrogen (secondary N) is 1. The van der Waals surface area contributed by atoms with E-state index in [0.717, 1.165) is 53.5 Å². The molecule has 0 unspecified atom stereocenters. The van der Waals surface area contributed by atoms with E-state index in [-0.39, 0.29) is 11.9 Å². The van der Waals surface area contributed by atoms with Gasteiger partial charge in [0.25, 0.3) is 5.91 Å². The number of rotatable bonds is 4. The van der Waals surface area contributed by atoms with Gasteiger partial charge in [0.1, 0.15) is 0 Å². The standard InChI is InChI=1S/C21H20N6O2/c1-25-12-17(20(29)26-7-2-3-8-26)16-10-14(4-5-18(16)25)15-6-9-27-19(11-15)23-21(24-27)22-13-28/h4-6,9-13H,2-3,7-8H2,1H3,(H,22,24,28). The zero-order chi connectivity index (χ0) is 20.0. The van der Waals surface area contributed by atoms with E-state index in [9.17, 15) is 9.59 Å². The second kappa shape index (κ2) is 6.73. The van der Waals surface area contributed by atoms with Crippen molar-refractivity contribution < 1.29 is 9.59 Å². The average molecular weight is 388 g/mol. The summed E-state index contributed by atoms with van der Waals surface area (Å²) in [5.41, 5.74) is 4.36. The maximum atomic E-state index is 13.0. The minimum absolute atomic E-state index is 0.0998. The number of anilines is 1. The molecule has 1 aromatic carbocycles. The van der Waals surface area contributed by atoms with Crippen LogP contribution >= 0.6 is 0 Å². The van der Waals surface area contributed by atoms with E-state index >= 15 is 0 Å². The van der Waals surface area contributed by atoms with Gasteiger partial charge in [-0.2, -0.15) is 4.98 Å². The first-order valence-electron chi connectivity index (χ1n) is 9.59. The normalized spacial score (nSPS) is 14.0. The molecule has 0 spiro atoms. The van der Waals surface area contributed by atoms with E-state index in [0.29, 0.717) is 12.1 Å². The number of hydrogen-bond acceptors (Lipinski definition) is 4. The molecule has 0 atom stereocenters. The van der Waals surface area contributed by atoms with Crippen molar-refractivity contribution in [2.24, 2.45) is 7.05 Å². The lowest BCUT2D eigenvalue weighted by Crippen LogP contribution is -2.27. The SMILES string of the molecule is Cn1cc(C(=O)N2CCCC2)c2cc(-c3ccn4nc(NC=O)nc4c3)ccc21. The first-order chi connectivity index (χ1) is 14.1. The summed E-state index contributed by atoms with van der Waals surface area (Å²) in [6.45, 7) is 1.66. The molecule has 1 aliphatic rings. The number of hydrogen-bond donors (Lipinski definition) is 1. The van der Waals surface area contributed by atoms with Gasteiger partial charge < -0.3 is 9.47 Å². The summed E-state index contributed by atoms with van der Waals surface area (Å²) in [7, 11) is 1.96. The van der Waals surface area contributed by atoms with Crippen LogP contribution in [0.1, 0.15) is 23.2 Å². The molecule has 1 aliphatic heterocycles. The van der Waals surface area contributed by atoms with Crippen molar-refractivity contribution >= 4 is 34.8 Å². The van der Waals surface area contributed by atoms with Gasteiger partial charge in [0, 0.05) is 43.4 Å². The molecular formula is C21H20N6O2. The summed E-state index contributed by atoms with van der Waals surface area (Å²) >= 11 is 0. The number of carbonyl (C=O) groups is 2. The topological polar surface area (TPSA) is 84.5 Å². The van der Waals surface area contributed by atoms with Crippen molar-refractivity contribution in [3.8, 4) is 11.1 Å². The molecule has 0 radical (unpaired) electrons. The maximum Gasteiger partial charge on any atom is 0.256 e. The molecule has 1 fully saturated rings. The molecule has 0 aliphatic carbocycles. The third-order valence-electron chi connectivity index (χ3n) is 5.47. The highest BCUT2D eigenvalue weighted by molar-refractivity contribution is 6.08. The van der Waals surface area contributed by atoms with Crippen LogP contribution in [0.5, 0.6) is 0 Å². The smallest absolute Gasteiger partial charge is 0.256 e. The van der Waals surface area contributed by atoms with Crippen LogP contribution in [0, 0.1) is 0 Å². The molecule has 0 bridgehead atoms. The fraction of sp³-hybridized carbons (Fsp3) is 0.238. The lowest BCUT2D eigenvalue weighted by Gasteiger charge is -2.14. The minimum Gasteiger partial charge on any atom is -0.350 e. The Labute approximate surface area is 166 Å². The molecule has 3 aromatic heterocycles. The Balaban J connectivity index is 1.58. The van der Waals surface area contributed by atoms with Gasteiger partial charge in [-0.15, -0.1) is 5.10 Å². The summed E-state index contributed by atoms with van der Waals surface area (Å²) in [6.07, 6.45) is 6.42. The van der Waals surface area contributed by atoms with Crippen LogP contribution in [0.2, 0.25) is 0 Å². The summed E-state index contributed by atoms with van der Waals surface area (Å²) < 4.78 is 3.61. The second-order valence-electron chi connectivity index (χ2n) is 7.30. The molecule has 8 heteroatoms. The fourth-order valence-corrected chi connectivity index (χ4v) is 4.01. The van der Waals surface area contributed by atoms with Crippen molar-refractivity contribution in [3.63, 3.8) is 0 Å². The zero-order valence-corrected chi connectivity index (χ0v) is 16.0. The molecule has 8 nitrogen and oxygen atoms in total. The third kappa shape index (κ3) is 2.93. The van der Waals surface area contributed by atoms with Gasteiger partial charge in [0.05, 0.1) is 5.56 Å². The van der Waals surface area contributed by atoms with Crippen LogP contribution in [0.4, 0.5) is 5.95 Å². The van der Waals surface area contributed by atoms with E-state index in [1.807, 2.05) is 47.0 Å². The van der Waals surface area contributed by atoms with Crippen molar-refractivity contribution in [3.05, 3.63) is 48.3 Å². The van der Waals surface area contributed by atoms with Crippen LogP contribution in [0.3, 0.4) is 0 Å². The number of pyridine rings is 1. The van der Waals surface area contributed by atoms with Gasteiger partial charge in [-0.05, 0) is 48.2 Å². The van der Waals surface area contributed by atoms with Gasteiger partial charge in [-0.25, -0.2) is 4.52 Å². The van der Waals surface area contributed by atoms with E-state index in [2.05, 4.69) is 21.5 Å². The highest BCUT2D eigenvalue weighted by Gasteiger charge is 2.23. The van der Waals surface area contributed by atoms with E-state index in [1.54, 1.807) is 10.7 Å². The molecule has 5 rings (SSSR count). The molecule has 1 saturated heterocycles. The molecule has 1 N–H and O–H groups in total. The molecular weight excluding hydrogens is 368 g/mol. The van der Waals surface area contributed by atoms with Crippen LogP contribution in [-0.2, 0) is 11.8 Å². The number of nitrogens with zero attached hydrogens (tertiary/aromatic N) is 5. The lowest BCUT2D eigenvalue weighted by molar-refractivity contribution is -0.105. The molecule has 4 aromatic rings. The Morgan fingerprint density at radius 1 is 1.14 bits per heavy atom. The monoisotopic (exact) mass is 388 g/mol. The quantitative estimate of drug-likeness (QED) is 0.545. The maximum absolute atomic E-state index is 13.0. The number of aromatic nitrogens is 4. The van der Waals surface area contributed by atoms with Gasteiger partial charge in [-0.1, -0.05) is 6.07 Å². The summed E-state index contributed by atoms with van der Waals surface area (Å²) in [5.74, 6) is 0.358. The molecule has 2 amide bonds. The minimum atomic E-state index is 0.0998. The third-order valence-corrected chi connectivity index (χ3v) is 5.47. The van der Waals surface area contributed by atoms with E-state index < -0.39 is 0 Å². The fourth-order valence-electron chi connectivity index (χ4n) is 4.01. The Morgan fingerprint density at radius 2 is 1.93 bits per heavy atom. The summed E-state index contributed by atoms with van der Waals surface area (Å²) in [4.78, 5) is 29.9. The first-order valence-corrected chi connectivity index (χ1v) is 9.59. The Hall–Kier alpha value is -3.68. The predicted octanol–water partition coefficient (Wildman–Crippen LogP) is 2.69. The van der Waals surface area contributed by atoms with Crippen LogP contribution in [0.25, 0.3) is 27.7 Å². The zero-order valence-electron chi connectivity index (χ0n) is 16.0. The molecule has 146 valence electrons. The molecule has 4 heterocycles. The summed E-state index contributed by atoms with van der Waals surface area (Å²) in [5, 5.41) is 7.59. The van der Waals surface area contributed by atoms with Crippen LogP contribution < -0.4 is 5.32 Å². The Kier molecular flexibility index (Phi) is 4.04. The average Bonchev–Trinajstić information content (AvgIpc) is 3.46. The Bertz CT molecular complexity index is 1250. The number of likely N-dealkylation sites (tertiary alicyclic amines) is 1. The summed E-state index contributed by atoms with van der Waals surface area (Å²) in [6, 6.07) is 10.00. The Morgan fingerprint density at radius 3 is 2.72 bits per heavy atom. The number of aryl methyl sites for hydroxylation is 1. The van der Waals surface area contributed by atoms with Gasteiger partial charge in [0.15, 0.2) is 5.65 Å². The van der Waals surface area contributed by atoms with Crippen molar-refractivity contribution in [2.75, 3.05) is 18.4 Å². The number of amides is 2. The largest absolute Gasteiger partial charge is 0.350 e. The van der Waals surface area contributed by atoms with Crippen LogP contribution in [0.15, 0.2) is 42.7 Å². The molecule has 0 saturated carbocycles. The van der Waals surface area contributed by atoms with E-state index in [1.165, 1.54) is 0 Å². The number of carbonyl (C=O) groups excluding carboxylic acids is 2. The number of benzene rings is 1. The first kappa shape index (κ1) is 17.4. The highest BCUT2D eigenvalue weighted by Crippen LogP contribution is 2.29. The molecule has 29 heavy (non-hydrogen) atoms. The predicted molar refractivity (Wildman–Crippen MR) is 110 cm³/mol. The van der Waals surface area contributed by atoms with Crippen molar-refractivity contribution in [1.29, 1.82) is 0 Å². The van der Waals surface area contributed by atoms with E-state index in [4.69, 9.17) is 0 Å². The second-order valence-corrected chi connectivity index (χ2v) is 7.30. The van der Waals surface area contributed by atoms with Gasteiger partial charge in [0.2, 0.25) is 12.4 Å². The van der Waals surface area contributed by atoms with Crippen molar-refractivity contribution in [2.45, 2.75) is 12.8 Å². The highest BCUT2D eigenvalue weighted by atomic mass is 16.2.